The third-order valence-electron chi connectivity index (χ3n) is 11.2. The van der Waals surface area contributed by atoms with Crippen molar-refractivity contribution in [1.82, 2.24) is 59.2 Å². The fraction of sp³-hybridized carbons (Fsp3) is 0.271. The molecule has 12 rings (SSSR count). The number of carbonyl (C=O) groups is 2. The van der Waals surface area contributed by atoms with Crippen LogP contribution in [-0.2, 0) is 11.3 Å². The zero-order valence-electron chi connectivity index (χ0n) is 40.9. The molecule has 0 amide bonds. The summed E-state index contributed by atoms with van der Waals surface area (Å²) in [5.74, 6) is 0.720. The normalized spacial score (nSPS) is 13.6. The number of ether oxygens (including phenoxy) is 1. The van der Waals surface area contributed by atoms with Crippen LogP contribution in [0.15, 0.2) is 91.4 Å². The van der Waals surface area contributed by atoms with Gasteiger partial charge in [-0.1, -0.05) is 6.64 Å². The van der Waals surface area contributed by atoms with Crippen molar-refractivity contribution in [2.45, 2.75) is 63.3 Å². The third-order valence-corrected chi connectivity index (χ3v) is 11.2. The average Bonchev–Trinajstić information content (AvgIpc) is 4.34. The first kappa shape index (κ1) is 54.1. The van der Waals surface area contributed by atoms with E-state index < -0.39 is 5.97 Å². The Morgan fingerprint density at radius 3 is 1.46 bits per heavy atom. The van der Waals surface area contributed by atoms with E-state index in [2.05, 4.69) is 64.1 Å². The minimum absolute atomic E-state index is 0. The Morgan fingerprint density at radius 1 is 0.708 bits per heavy atom. The van der Waals surface area contributed by atoms with E-state index in [9.17, 15) is 27.9 Å². The summed E-state index contributed by atoms with van der Waals surface area (Å²) in [6, 6.07) is 19.7. The Hall–Kier alpha value is -5.73. The molecule has 16 nitrogen and oxygen atoms in total. The van der Waals surface area contributed by atoms with E-state index in [1.165, 1.54) is 43.5 Å². The molecule has 0 bridgehead atoms. The number of aliphatic hydroxyl groups is 1. The number of carbonyl (C=O) groups excluding carboxylic acids is 2. The summed E-state index contributed by atoms with van der Waals surface area (Å²) >= 11 is 9.53. The Kier molecular flexibility index (Phi) is 19.0. The van der Waals surface area contributed by atoms with Gasteiger partial charge in [0.05, 0.1) is 76.4 Å². The molecule has 6 aromatic heterocycles. The smallest absolute Gasteiger partial charge is 1.00 e. The number of hydrogen-bond acceptors (Lipinski definition) is 13. The van der Waals surface area contributed by atoms with Gasteiger partial charge < -0.3 is 25.0 Å². The fourth-order valence-corrected chi connectivity index (χ4v) is 7.78. The number of esters is 1. The topological polar surface area (TPSA) is 194 Å². The first-order valence-electron chi connectivity index (χ1n) is 22.5. The molecule has 3 radical (unpaired) electrons. The SMILES string of the molecule is COC(=O)c1cc(-c2nc3ccc(F)cc3n2C2CC2)cnn1.ClCCl.O=Cc1cc(-c2nc3ccc(F)cc3n2C2CC2)cnn1.OCc1cc(-c2nc3ccc(F)cc3n2C2CC2)cnn1.[2H]CP.[B].[H-].[Na+]. The molecular weight excluding hydrogens is 1000 g/mol. The molecule has 365 valence electrons. The third kappa shape index (κ3) is 12.7. The van der Waals surface area contributed by atoms with E-state index >= 15 is 0 Å². The number of rotatable bonds is 9. The maximum atomic E-state index is 13.6. The number of aliphatic hydroxyl groups excluding tert-OH is 1. The van der Waals surface area contributed by atoms with Gasteiger partial charge in [-0.2, -0.15) is 20.4 Å². The van der Waals surface area contributed by atoms with Gasteiger partial charge in [0.1, 0.15) is 40.6 Å². The predicted octanol–water partition coefficient (Wildman–Crippen LogP) is 6.64. The zero-order valence-corrected chi connectivity index (χ0v) is 43.6. The predicted molar refractivity (Wildman–Crippen MR) is 269 cm³/mol. The van der Waals surface area contributed by atoms with Gasteiger partial charge in [-0.05, 0) is 111 Å². The van der Waals surface area contributed by atoms with Gasteiger partial charge in [-0.25, -0.2) is 32.9 Å². The van der Waals surface area contributed by atoms with Crippen molar-refractivity contribution in [2.75, 3.05) is 19.1 Å². The van der Waals surface area contributed by atoms with Gasteiger partial charge in [-0.3, -0.25) is 4.79 Å². The summed E-state index contributed by atoms with van der Waals surface area (Å²) in [7, 11) is 3.54. The number of aldehydes is 1. The van der Waals surface area contributed by atoms with Gasteiger partial charge in [0.15, 0.2) is 12.0 Å². The Balaban J connectivity index is 0.000000191. The molecule has 0 aliphatic heterocycles. The Labute approximate surface area is 450 Å². The molecule has 3 saturated carbocycles. The van der Waals surface area contributed by atoms with E-state index in [0.717, 1.165) is 83.1 Å². The van der Waals surface area contributed by atoms with Gasteiger partial charge in [0.25, 0.3) is 0 Å². The molecule has 3 fully saturated rings. The van der Waals surface area contributed by atoms with Crippen LogP contribution >= 0.6 is 32.4 Å². The molecule has 3 aromatic carbocycles. The molecule has 1 atom stereocenters. The fourth-order valence-electron chi connectivity index (χ4n) is 7.78. The van der Waals surface area contributed by atoms with Crippen LogP contribution in [0.5, 0.6) is 0 Å². The second kappa shape index (κ2) is 25.3. The maximum Gasteiger partial charge on any atom is 1.00 e. The zero-order chi connectivity index (χ0) is 50.2. The Morgan fingerprint density at radius 2 is 1.08 bits per heavy atom. The number of benzene rings is 3. The number of hydrogen-bond donors (Lipinski definition) is 1. The number of nitrogens with zero attached hydrogens (tertiary/aromatic N) is 12. The molecule has 0 spiro atoms. The summed E-state index contributed by atoms with van der Waals surface area (Å²) in [5.41, 5.74) is 7.57. The van der Waals surface area contributed by atoms with E-state index in [1.807, 2.05) is 9.13 Å². The quantitative estimate of drug-likeness (QED) is 0.0532. The Bertz CT molecular complexity index is 3370. The van der Waals surface area contributed by atoms with E-state index in [-0.39, 0.29) is 80.2 Å². The van der Waals surface area contributed by atoms with Crippen LogP contribution in [0.2, 0.25) is 0 Å². The van der Waals surface area contributed by atoms with Crippen LogP contribution in [0.4, 0.5) is 13.2 Å². The van der Waals surface area contributed by atoms with Crippen LogP contribution < -0.4 is 29.6 Å². The molecule has 72 heavy (non-hydrogen) atoms. The summed E-state index contributed by atoms with van der Waals surface area (Å²) < 4.78 is 57.6. The second-order valence-corrected chi connectivity index (χ2v) is 16.8. The minimum Gasteiger partial charge on any atom is -1.00 e. The number of alkyl halides is 2. The van der Waals surface area contributed by atoms with Crippen molar-refractivity contribution in [3.8, 4) is 34.2 Å². The number of fused-ring (bicyclic) bond motifs is 3. The maximum absolute atomic E-state index is 13.6. The van der Waals surface area contributed by atoms with Crippen molar-refractivity contribution in [2.24, 2.45) is 0 Å². The van der Waals surface area contributed by atoms with Crippen molar-refractivity contribution in [3.05, 3.63) is 126 Å². The number of aromatic nitrogens is 12. The first-order valence-corrected chi connectivity index (χ1v) is 23.7. The van der Waals surface area contributed by atoms with Gasteiger partial charge >= 0.3 is 35.5 Å². The van der Waals surface area contributed by atoms with Crippen LogP contribution in [0, 0.1) is 17.5 Å². The summed E-state index contributed by atoms with van der Waals surface area (Å²) in [4.78, 5) is 36.3. The van der Waals surface area contributed by atoms with Gasteiger partial charge in [0.2, 0.25) is 0 Å². The van der Waals surface area contributed by atoms with Crippen LogP contribution in [0.25, 0.3) is 67.3 Å². The second-order valence-electron chi connectivity index (χ2n) is 16.0. The molecule has 1 unspecified atom stereocenters. The first-order chi connectivity index (χ1) is 34.5. The van der Waals surface area contributed by atoms with E-state index in [4.69, 9.17) is 24.6 Å². The molecule has 3 aliphatic rings. The summed E-state index contributed by atoms with van der Waals surface area (Å²) in [5, 5.41) is 32.3. The minimum atomic E-state index is -0.556. The molecule has 3 aliphatic carbocycles. The number of imidazole rings is 3. The van der Waals surface area contributed by atoms with Crippen molar-refractivity contribution in [3.63, 3.8) is 0 Å². The average molecular weight is 1050 g/mol. The number of methoxy groups -OCH3 is 1. The molecule has 6 heterocycles. The molecule has 9 aromatic rings. The summed E-state index contributed by atoms with van der Waals surface area (Å²) in [6.07, 6.45) is 11.7. The largest absolute Gasteiger partial charge is 1.00 e. The van der Waals surface area contributed by atoms with Crippen LogP contribution in [-0.4, -0.2) is 104 Å². The van der Waals surface area contributed by atoms with Crippen LogP contribution in [0.1, 0.15) is 86.1 Å². The standard InChI is InChI=1S/C16H13FN4O2.C15H13FN4O.C15H11FN4O.CH2Cl2.CH5P.B.Na.H/c1-23-16(22)13-6-9(8-18-20-13)15-19-12-5-2-10(17)7-14(12)21(15)11-3-4-11;2*16-10-1-4-13-14(6-10)20(12-2-3-12)15(18-13)9-5-11(8-21)19-17-7-9;2-1-3;1-2;;;/h2,5-8,11H,3-4H2,1H3;1,4-7,12,21H,2-3,8H2;1,4-8,12H,2-3H2;1H2;2H2,1H3;;;/q;;;;;;+1;-1/i;;;;1D;;;. The molecule has 24 heteroatoms. The van der Waals surface area contributed by atoms with E-state index in [0.29, 0.717) is 59.5 Å². The van der Waals surface area contributed by atoms with Gasteiger partial charge in [0, 0.05) is 44.6 Å². The van der Waals surface area contributed by atoms with Crippen molar-refractivity contribution < 1.29 is 65.0 Å². The molecule has 0 saturated heterocycles. The molecular formula is C48H45BCl2F3N12NaO4P. The van der Waals surface area contributed by atoms with Crippen molar-refractivity contribution in [1.29, 1.82) is 0 Å². The monoisotopic (exact) mass is 1050 g/mol. The van der Waals surface area contributed by atoms with E-state index in [1.54, 1.807) is 55.0 Å². The number of halogens is 5. The molecule has 1 N–H and O–H groups in total. The van der Waals surface area contributed by atoms with Crippen LogP contribution in [0.3, 0.4) is 0 Å². The summed E-state index contributed by atoms with van der Waals surface area (Å²) in [6.45, 7) is 0.249. The van der Waals surface area contributed by atoms with Gasteiger partial charge in [-0.15, -0.1) is 42.6 Å². The van der Waals surface area contributed by atoms with Crippen molar-refractivity contribution >= 4 is 86.2 Å².